The van der Waals surface area contributed by atoms with Crippen LogP contribution >= 0.6 is 17.0 Å². The summed E-state index contributed by atoms with van der Waals surface area (Å²) in [6.07, 6.45) is 6.26. The van der Waals surface area contributed by atoms with Crippen molar-refractivity contribution in [1.29, 1.82) is 0 Å². The number of halogens is 1. The van der Waals surface area contributed by atoms with Crippen molar-refractivity contribution in [3.63, 3.8) is 0 Å². The van der Waals surface area contributed by atoms with Gasteiger partial charge in [0.15, 0.2) is 11.9 Å². The summed E-state index contributed by atoms with van der Waals surface area (Å²) >= 11 is 0. The summed E-state index contributed by atoms with van der Waals surface area (Å²) < 4.78 is 2.02. The molecule has 0 spiro atoms. The van der Waals surface area contributed by atoms with E-state index in [1.807, 2.05) is 16.8 Å². The minimum Gasteiger partial charge on any atom is -0.530 e. The third-order valence-electron chi connectivity index (χ3n) is 2.23. The molecule has 1 amide bonds. The summed E-state index contributed by atoms with van der Waals surface area (Å²) in [6, 6.07) is 3.55. The molecule has 19 heavy (non-hydrogen) atoms. The monoisotopic (exact) mass is 334 g/mol. The zero-order valence-corrected chi connectivity index (χ0v) is 13.4. The third kappa shape index (κ3) is 11.5. The normalized spacial score (nSPS) is 8.79. The Balaban J connectivity index is 0. The number of carboxylic acid groups (broad SMARTS) is 1. The van der Waals surface area contributed by atoms with Crippen LogP contribution in [-0.4, -0.2) is 30.2 Å². The fraction of sp³-hybridized carbons (Fsp3) is 0.538. The number of carbonyl (C=O) groups excluding carboxylic acids is 1. The van der Waals surface area contributed by atoms with E-state index < -0.39 is 6.09 Å². The number of aryl methyl sites for hydroxylation is 1. The predicted molar refractivity (Wildman–Crippen MR) is 77.2 cm³/mol. The summed E-state index contributed by atoms with van der Waals surface area (Å²) in [7, 11) is 2.82. The molecule has 1 aromatic heterocycles. The van der Waals surface area contributed by atoms with Gasteiger partial charge in [0.2, 0.25) is 6.20 Å². The highest BCUT2D eigenvalue weighted by atomic mass is 79.9. The van der Waals surface area contributed by atoms with Gasteiger partial charge in [-0.2, -0.15) is 0 Å². The zero-order chi connectivity index (χ0) is 14.0. The van der Waals surface area contributed by atoms with E-state index in [0.29, 0.717) is 5.75 Å². The Morgan fingerprint density at radius 1 is 1.42 bits per heavy atom. The maximum absolute atomic E-state index is 9.51. The molecule has 0 bridgehead atoms. The average molecular weight is 335 g/mol. The lowest BCUT2D eigenvalue weighted by atomic mass is 10.2. The van der Waals surface area contributed by atoms with Crippen LogP contribution in [0.15, 0.2) is 24.5 Å². The Kier molecular flexibility index (Phi) is 12.4. The molecule has 0 aliphatic carbocycles. The second-order valence-electron chi connectivity index (χ2n) is 4.17. The van der Waals surface area contributed by atoms with Crippen molar-refractivity contribution < 1.29 is 19.6 Å². The molecule has 6 heteroatoms. The van der Waals surface area contributed by atoms with Crippen molar-refractivity contribution in [1.82, 2.24) is 4.90 Å². The van der Waals surface area contributed by atoms with E-state index in [2.05, 4.69) is 6.92 Å². The van der Waals surface area contributed by atoms with Gasteiger partial charge in [-0.3, -0.25) is 0 Å². The molecule has 0 aliphatic heterocycles. The van der Waals surface area contributed by atoms with Gasteiger partial charge in [-0.15, -0.1) is 17.0 Å². The van der Waals surface area contributed by atoms with E-state index in [1.165, 1.54) is 33.4 Å². The first kappa shape index (κ1) is 20.0. The zero-order valence-electron chi connectivity index (χ0n) is 11.7. The second kappa shape index (κ2) is 11.8. The minimum absolute atomic E-state index is 0. The summed E-state index contributed by atoms with van der Waals surface area (Å²) in [5.41, 5.74) is 0. The van der Waals surface area contributed by atoms with E-state index in [-0.39, 0.29) is 17.0 Å². The van der Waals surface area contributed by atoms with Crippen LogP contribution in [0.5, 0.6) is 5.75 Å². The van der Waals surface area contributed by atoms with Gasteiger partial charge in [0, 0.05) is 26.6 Å². The molecular weight excluding hydrogens is 312 g/mol. The van der Waals surface area contributed by atoms with Crippen LogP contribution in [0.3, 0.4) is 0 Å². The number of pyridine rings is 1. The van der Waals surface area contributed by atoms with Crippen molar-refractivity contribution in [3.05, 3.63) is 24.5 Å². The van der Waals surface area contributed by atoms with Crippen LogP contribution in [0.4, 0.5) is 4.79 Å². The fourth-order valence-corrected chi connectivity index (χ4v) is 1.19. The van der Waals surface area contributed by atoms with Crippen LogP contribution in [0.1, 0.15) is 26.2 Å². The number of aromatic hydroxyl groups is 1. The lowest BCUT2D eigenvalue weighted by Crippen LogP contribution is -2.35. The maximum atomic E-state index is 9.51. The molecular formula is C13H23BrN2O3. The van der Waals surface area contributed by atoms with E-state index in [0.717, 1.165) is 11.4 Å². The lowest BCUT2D eigenvalue weighted by Gasteiger charge is -2.10. The van der Waals surface area contributed by atoms with Crippen LogP contribution in [0.2, 0.25) is 0 Å². The Morgan fingerprint density at radius 3 is 2.42 bits per heavy atom. The highest BCUT2D eigenvalue weighted by Crippen LogP contribution is 2.01. The van der Waals surface area contributed by atoms with Gasteiger partial charge < -0.3 is 19.9 Å². The van der Waals surface area contributed by atoms with Gasteiger partial charge in [0.1, 0.15) is 12.6 Å². The first-order valence-electron chi connectivity index (χ1n) is 6.03. The molecule has 1 rings (SSSR count). The number of rotatable bonds is 4. The maximum Gasteiger partial charge on any atom is 0.210 e. The van der Waals surface area contributed by atoms with Crippen LogP contribution in [0.25, 0.3) is 0 Å². The van der Waals surface area contributed by atoms with Gasteiger partial charge >= 0.3 is 0 Å². The number of amides is 1. The number of hydrogen-bond acceptors (Lipinski definition) is 3. The van der Waals surface area contributed by atoms with Crippen molar-refractivity contribution in [2.75, 3.05) is 14.1 Å². The van der Waals surface area contributed by atoms with E-state index in [4.69, 9.17) is 5.11 Å². The van der Waals surface area contributed by atoms with Crippen LogP contribution < -0.4 is 9.67 Å². The quantitative estimate of drug-likeness (QED) is 0.667. The Labute approximate surface area is 125 Å². The first-order chi connectivity index (χ1) is 8.47. The van der Waals surface area contributed by atoms with E-state index >= 15 is 0 Å². The summed E-state index contributed by atoms with van der Waals surface area (Å²) in [5, 5.41) is 18.7. The molecule has 0 saturated heterocycles. The summed E-state index contributed by atoms with van der Waals surface area (Å²) in [6.45, 7) is 3.19. The molecule has 0 unspecified atom stereocenters. The van der Waals surface area contributed by atoms with Gasteiger partial charge in [-0.1, -0.05) is 13.3 Å². The molecule has 1 N–H and O–H groups in total. The first-order valence-corrected chi connectivity index (χ1v) is 6.03. The number of nitrogens with zero attached hydrogens (tertiary/aromatic N) is 2. The summed E-state index contributed by atoms with van der Waals surface area (Å²) in [4.78, 5) is 10.5. The van der Waals surface area contributed by atoms with Crippen molar-refractivity contribution in [3.8, 4) is 5.75 Å². The Morgan fingerprint density at radius 2 is 2.00 bits per heavy atom. The third-order valence-corrected chi connectivity index (χ3v) is 2.23. The van der Waals surface area contributed by atoms with E-state index in [1.54, 1.807) is 12.3 Å². The summed E-state index contributed by atoms with van der Waals surface area (Å²) in [5.74, 6) is 0.342. The van der Waals surface area contributed by atoms with Gasteiger partial charge in [0.25, 0.3) is 0 Å². The molecule has 0 fully saturated rings. The molecule has 0 aliphatic rings. The standard InChI is InChI=1S/C10H15NO.C3H7NO2.BrH/c1-2-3-4-7-11-8-5-6-10(12)9-11;1-4(2)3(5)6;/h5-6,8-9H,2-4,7H2,1H3;1-2H3,(H,5,6);1H. The molecule has 5 nitrogen and oxygen atoms in total. The van der Waals surface area contributed by atoms with Crippen molar-refractivity contribution >= 4 is 23.1 Å². The fourth-order valence-electron chi connectivity index (χ4n) is 1.19. The molecule has 110 valence electrons. The number of carbonyl (C=O) groups is 1. The van der Waals surface area contributed by atoms with Gasteiger partial charge in [-0.25, -0.2) is 4.57 Å². The Bertz CT molecular complexity index is 359. The lowest BCUT2D eigenvalue weighted by molar-refractivity contribution is -0.697. The van der Waals surface area contributed by atoms with Crippen LogP contribution in [-0.2, 0) is 6.54 Å². The largest absolute Gasteiger partial charge is 0.530 e. The number of unbranched alkanes of at least 4 members (excludes halogenated alkanes) is 2. The molecule has 0 atom stereocenters. The molecule has 0 aromatic carbocycles. The van der Waals surface area contributed by atoms with Crippen molar-refractivity contribution in [2.24, 2.45) is 0 Å². The molecule has 0 radical (unpaired) electrons. The highest BCUT2D eigenvalue weighted by molar-refractivity contribution is 8.93. The number of hydrogen-bond donors (Lipinski definition) is 1. The second-order valence-corrected chi connectivity index (χ2v) is 4.17. The minimum atomic E-state index is -1.16. The topological polar surface area (TPSA) is 67.5 Å². The van der Waals surface area contributed by atoms with Crippen molar-refractivity contribution in [2.45, 2.75) is 32.7 Å². The van der Waals surface area contributed by atoms with Crippen LogP contribution in [0, 0.1) is 0 Å². The number of aromatic nitrogens is 1. The van der Waals surface area contributed by atoms with Gasteiger partial charge in [-0.05, 0) is 12.5 Å². The highest BCUT2D eigenvalue weighted by Gasteiger charge is 1.99. The smallest absolute Gasteiger partial charge is 0.210 e. The molecule has 1 heterocycles. The SMILES string of the molecule is Br.CCCCC[n+]1cccc(O)c1.CN(C)C(=O)[O-]. The van der Waals surface area contributed by atoms with E-state index in [9.17, 15) is 9.90 Å². The Hall–Kier alpha value is -1.30. The molecule has 1 aromatic rings. The average Bonchev–Trinajstić information content (AvgIpc) is 2.30. The predicted octanol–water partition coefficient (Wildman–Crippen LogP) is 1.34. The molecule has 0 saturated carbocycles. The van der Waals surface area contributed by atoms with Gasteiger partial charge in [0.05, 0.1) is 0 Å².